The van der Waals surface area contributed by atoms with Gasteiger partial charge in [-0.15, -0.1) is 0 Å². The number of benzene rings is 2. The van der Waals surface area contributed by atoms with Crippen LogP contribution < -0.4 is 4.90 Å². The average Bonchev–Trinajstić information content (AvgIpc) is 2.64. The van der Waals surface area contributed by atoms with Gasteiger partial charge in [-0.3, -0.25) is 4.79 Å². The molecule has 2 aromatic rings. The lowest BCUT2D eigenvalue weighted by atomic mass is 9.99. The van der Waals surface area contributed by atoms with Crippen molar-refractivity contribution >= 4 is 17.6 Å². The molecule has 2 aromatic carbocycles. The van der Waals surface area contributed by atoms with Gasteiger partial charge in [0.05, 0.1) is 5.56 Å². The number of carbonyl (C=O) groups is 2. The molecule has 0 saturated carbocycles. The van der Waals surface area contributed by atoms with Crippen LogP contribution in [-0.4, -0.2) is 24.5 Å². The molecule has 0 aliphatic carbocycles. The number of esters is 1. The number of rotatable bonds is 6. The number of nitrogens with zero attached hydrogens (tertiary/aromatic N) is 1. The monoisotopic (exact) mass is 367 g/mol. The molecule has 0 aliphatic rings. The van der Waals surface area contributed by atoms with E-state index in [-0.39, 0.29) is 11.9 Å². The summed E-state index contributed by atoms with van der Waals surface area (Å²) >= 11 is 0. The molecule has 2 rings (SSSR count). The summed E-state index contributed by atoms with van der Waals surface area (Å²) in [7, 11) is 1.79. The van der Waals surface area contributed by atoms with Gasteiger partial charge < -0.3 is 9.64 Å². The molecule has 0 heterocycles. The Morgan fingerprint density at radius 2 is 1.63 bits per heavy atom. The van der Waals surface area contributed by atoms with Crippen molar-refractivity contribution < 1.29 is 14.3 Å². The van der Waals surface area contributed by atoms with E-state index in [4.69, 9.17) is 4.74 Å². The molecular weight excluding hydrogens is 338 g/mol. The van der Waals surface area contributed by atoms with Crippen LogP contribution in [0.15, 0.2) is 48.5 Å². The van der Waals surface area contributed by atoms with E-state index in [1.165, 1.54) is 0 Å². The van der Waals surface area contributed by atoms with Gasteiger partial charge in [0.1, 0.15) is 5.60 Å². The first-order valence-electron chi connectivity index (χ1n) is 9.42. The summed E-state index contributed by atoms with van der Waals surface area (Å²) in [5, 5.41) is 0. The van der Waals surface area contributed by atoms with Crippen molar-refractivity contribution in [1.82, 2.24) is 0 Å². The molecule has 1 amide bonds. The molecule has 144 valence electrons. The summed E-state index contributed by atoms with van der Waals surface area (Å²) in [4.78, 5) is 26.4. The largest absolute Gasteiger partial charge is 0.456 e. The summed E-state index contributed by atoms with van der Waals surface area (Å²) in [6.45, 7) is 7.64. The molecule has 0 fully saturated rings. The number of hydrogen-bond donors (Lipinski definition) is 0. The Morgan fingerprint density at radius 1 is 1.00 bits per heavy atom. The van der Waals surface area contributed by atoms with E-state index in [0.717, 1.165) is 29.7 Å². The van der Waals surface area contributed by atoms with Crippen molar-refractivity contribution in [2.75, 3.05) is 11.9 Å². The Morgan fingerprint density at radius 3 is 2.22 bits per heavy atom. The molecule has 4 heteroatoms. The summed E-state index contributed by atoms with van der Waals surface area (Å²) in [5.41, 5.74) is 2.56. The van der Waals surface area contributed by atoms with Crippen molar-refractivity contribution in [3.05, 3.63) is 54.1 Å². The molecule has 0 radical (unpaired) electrons. The quantitative estimate of drug-likeness (QED) is 0.637. The van der Waals surface area contributed by atoms with Gasteiger partial charge in [-0.2, -0.15) is 0 Å². The molecule has 0 bridgehead atoms. The first kappa shape index (κ1) is 20.7. The van der Waals surface area contributed by atoms with E-state index in [1.807, 2.05) is 63.2 Å². The highest BCUT2D eigenvalue weighted by atomic mass is 16.6. The molecule has 4 nitrogen and oxygen atoms in total. The predicted molar refractivity (Wildman–Crippen MR) is 110 cm³/mol. The highest BCUT2D eigenvalue weighted by molar-refractivity contribution is 5.98. The number of amides is 1. The minimum absolute atomic E-state index is 0.110. The van der Waals surface area contributed by atoms with E-state index >= 15 is 0 Å². The molecule has 0 atom stereocenters. The van der Waals surface area contributed by atoms with Crippen LogP contribution in [0.4, 0.5) is 5.69 Å². The van der Waals surface area contributed by atoms with Crippen molar-refractivity contribution in [1.29, 1.82) is 0 Å². The second-order valence-electron chi connectivity index (χ2n) is 7.65. The first-order valence-corrected chi connectivity index (χ1v) is 9.42. The van der Waals surface area contributed by atoms with Crippen molar-refractivity contribution in [3.8, 4) is 11.1 Å². The SMILES string of the molecule is CCCCC(=O)N(C)c1ccc(-c2ccccc2C(=O)OC(C)(C)C)cc1. The highest BCUT2D eigenvalue weighted by Gasteiger charge is 2.20. The van der Waals surface area contributed by atoms with Crippen LogP contribution in [0.1, 0.15) is 57.3 Å². The molecule has 0 unspecified atom stereocenters. The molecule has 0 saturated heterocycles. The molecule has 27 heavy (non-hydrogen) atoms. The fourth-order valence-electron chi connectivity index (χ4n) is 2.75. The Balaban J connectivity index is 2.25. The second-order valence-corrected chi connectivity index (χ2v) is 7.65. The maximum atomic E-state index is 12.5. The number of ether oxygens (including phenoxy) is 1. The van der Waals surface area contributed by atoms with Gasteiger partial charge in [-0.25, -0.2) is 4.79 Å². The Labute approximate surface area is 162 Å². The summed E-state index contributed by atoms with van der Waals surface area (Å²) in [6.07, 6.45) is 2.45. The van der Waals surface area contributed by atoms with Crippen LogP contribution in [0.5, 0.6) is 0 Å². The molecule has 0 aromatic heterocycles. The van der Waals surface area contributed by atoms with E-state index < -0.39 is 5.60 Å². The summed E-state index contributed by atoms with van der Waals surface area (Å²) in [6, 6.07) is 15.1. The smallest absolute Gasteiger partial charge is 0.339 e. The average molecular weight is 367 g/mol. The third kappa shape index (κ3) is 5.68. The molecule has 0 N–H and O–H groups in total. The van der Waals surface area contributed by atoms with Crippen LogP contribution in [0.25, 0.3) is 11.1 Å². The third-order valence-electron chi connectivity index (χ3n) is 4.23. The molecule has 0 aliphatic heterocycles. The van der Waals surface area contributed by atoms with E-state index in [2.05, 4.69) is 6.92 Å². The van der Waals surface area contributed by atoms with Crippen LogP contribution in [0.3, 0.4) is 0 Å². The standard InChI is InChI=1S/C23H29NO3/c1-6-7-12-21(25)24(5)18-15-13-17(14-16-18)19-10-8-9-11-20(19)22(26)27-23(2,3)4/h8-11,13-16H,6-7,12H2,1-5H3. The molecular formula is C23H29NO3. The zero-order chi connectivity index (χ0) is 20.0. The topological polar surface area (TPSA) is 46.6 Å². The van der Waals surface area contributed by atoms with Crippen LogP contribution in [0.2, 0.25) is 0 Å². The summed E-state index contributed by atoms with van der Waals surface area (Å²) in [5.74, 6) is -0.229. The van der Waals surface area contributed by atoms with E-state index in [9.17, 15) is 9.59 Å². The lowest BCUT2D eigenvalue weighted by Crippen LogP contribution is -2.25. The third-order valence-corrected chi connectivity index (χ3v) is 4.23. The highest BCUT2D eigenvalue weighted by Crippen LogP contribution is 2.27. The van der Waals surface area contributed by atoms with Gasteiger partial charge >= 0.3 is 5.97 Å². The fourth-order valence-corrected chi connectivity index (χ4v) is 2.75. The van der Waals surface area contributed by atoms with Gasteiger partial charge in [0, 0.05) is 19.2 Å². The molecule has 0 spiro atoms. The number of carbonyl (C=O) groups excluding carboxylic acids is 2. The fraction of sp³-hybridized carbons (Fsp3) is 0.391. The summed E-state index contributed by atoms with van der Waals surface area (Å²) < 4.78 is 5.53. The van der Waals surface area contributed by atoms with Crippen LogP contribution in [-0.2, 0) is 9.53 Å². The minimum Gasteiger partial charge on any atom is -0.456 e. The van der Waals surface area contributed by atoms with Gasteiger partial charge in [-0.05, 0) is 56.5 Å². The minimum atomic E-state index is -0.546. The predicted octanol–water partition coefficient (Wildman–Crippen LogP) is 5.46. The van der Waals surface area contributed by atoms with Gasteiger partial charge in [0.15, 0.2) is 0 Å². The van der Waals surface area contributed by atoms with Gasteiger partial charge in [0.2, 0.25) is 5.91 Å². The Bertz CT molecular complexity index is 788. The van der Waals surface area contributed by atoms with Crippen molar-refractivity contribution in [2.24, 2.45) is 0 Å². The number of hydrogen-bond acceptors (Lipinski definition) is 3. The Kier molecular flexibility index (Phi) is 6.78. The first-order chi connectivity index (χ1) is 12.7. The van der Waals surface area contributed by atoms with Crippen molar-refractivity contribution in [2.45, 2.75) is 52.6 Å². The number of unbranched alkanes of at least 4 members (excludes halogenated alkanes) is 1. The van der Waals surface area contributed by atoms with E-state index in [1.54, 1.807) is 18.0 Å². The maximum absolute atomic E-state index is 12.5. The Hall–Kier alpha value is -2.62. The van der Waals surface area contributed by atoms with E-state index in [0.29, 0.717) is 12.0 Å². The van der Waals surface area contributed by atoms with Gasteiger partial charge in [-0.1, -0.05) is 43.7 Å². The van der Waals surface area contributed by atoms with Crippen LogP contribution >= 0.6 is 0 Å². The second kappa shape index (κ2) is 8.85. The van der Waals surface area contributed by atoms with Crippen LogP contribution in [0, 0.1) is 0 Å². The zero-order valence-corrected chi connectivity index (χ0v) is 16.9. The number of anilines is 1. The zero-order valence-electron chi connectivity index (χ0n) is 16.9. The lowest BCUT2D eigenvalue weighted by Gasteiger charge is -2.21. The normalized spacial score (nSPS) is 11.1. The van der Waals surface area contributed by atoms with Crippen molar-refractivity contribution in [3.63, 3.8) is 0 Å². The van der Waals surface area contributed by atoms with Gasteiger partial charge in [0.25, 0.3) is 0 Å². The maximum Gasteiger partial charge on any atom is 0.339 e. The lowest BCUT2D eigenvalue weighted by molar-refractivity contribution is -0.118.